The largest absolute Gasteiger partial charge is 0.465 e. The highest BCUT2D eigenvalue weighted by molar-refractivity contribution is 5.90. The van der Waals surface area contributed by atoms with E-state index in [2.05, 4.69) is 24.5 Å². The molecule has 0 aliphatic heterocycles. The van der Waals surface area contributed by atoms with Crippen molar-refractivity contribution < 1.29 is 14.3 Å². The molecule has 1 aromatic rings. The molecular formula is C16H24N2O3. The van der Waals surface area contributed by atoms with Gasteiger partial charge in [0, 0.05) is 26.1 Å². The molecule has 5 nitrogen and oxygen atoms in total. The predicted octanol–water partition coefficient (Wildman–Crippen LogP) is 1.73. The van der Waals surface area contributed by atoms with Crippen molar-refractivity contribution in [2.24, 2.45) is 5.92 Å². The molecule has 1 aromatic carbocycles. The van der Waals surface area contributed by atoms with Gasteiger partial charge in [-0.15, -0.1) is 0 Å². The first kappa shape index (κ1) is 17.2. The van der Waals surface area contributed by atoms with Crippen LogP contribution in [0.15, 0.2) is 24.3 Å². The van der Waals surface area contributed by atoms with Crippen LogP contribution in [0, 0.1) is 5.92 Å². The molecule has 21 heavy (non-hydrogen) atoms. The van der Waals surface area contributed by atoms with Crippen molar-refractivity contribution in [2.75, 3.05) is 20.2 Å². The van der Waals surface area contributed by atoms with Gasteiger partial charge in [0.15, 0.2) is 0 Å². The molecule has 0 atom stereocenters. The highest BCUT2D eigenvalue weighted by atomic mass is 16.5. The molecule has 0 fully saturated rings. The lowest BCUT2D eigenvalue weighted by Gasteiger charge is -2.10. The monoisotopic (exact) mass is 292 g/mol. The molecule has 0 bridgehead atoms. The highest BCUT2D eigenvalue weighted by Gasteiger charge is 2.10. The smallest absolute Gasteiger partial charge is 0.338 e. The number of hydrogen-bond donors (Lipinski definition) is 2. The maximum absolute atomic E-state index is 11.6. The van der Waals surface area contributed by atoms with Crippen LogP contribution in [0.2, 0.25) is 0 Å². The number of rotatable bonds is 8. The summed E-state index contributed by atoms with van der Waals surface area (Å²) in [6.07, 6.45) is 0.424. The quantitative estimate of drug-likeness (QED) is 0.565. The van der Waals surface area contributed by atoms with E-state index in [-0.39, 0.29) is 11.9 Å². The fraction of sp³-hybridized carbons (Fsp3) is 0.500. The van der Waals surface area contributed by atoms with E-state index < -0.39 is 0 Å². The van der Waals surface area contributed by atoms with Crippen LogP contribution in [-0.4, -0.2) is 32.1 Å². The van der Waals surface area contributed by atoms with E-state index >= 15 is 0 Å². The van der Waals surface area contributed by atoms with Crippen molar-refractivity contribution in [1.82, 2.24) is 10.6 Å². The molecule has 0 radical (unpaired) electrons. The number of benzene rings is 1. The first-order valence-electron chi connectivity index (χ1n) is 7.18. The molecule has 0 aliphatic rings. The van der Waals surface area contributed by atoms with E-state index in [0.29, 0.717) is 37.5 Å². The molecule has 0 saturated carbocycles. The van der Waals surface area contributed by atoms with Gasteiger partial charge < -0.3 is 15.4 Å². The number of amides is 1. The lowest BCUT2D eigenvalue weighted by atomic mass is 10.1. The maximum atomic E-state index is 11.6. The lowest BCUT2D eigenvalue weighted by molar-refractivity contribution is -0.121. The Hall–Kier alpha value is -1.88. The minimum absolute atomic E-state index is 0.0393. The summed E-state index contributed by atoms with van der Waals surface area (Å²) in [6, 6.07) is 7.28. The zero-order valence-corrected chi connectivity index (χ0v) is 12.9. The van der Waals surface area contributed by atoms with E-state index in [0.717, 1.165) is 5.56 Å². The minimum atomic E-state index is -0.345. The molecule has 116 valence electrons. The molecule has 5 heteroatoms. The summed E-state index contributed by atoms with van der Waals surface area (Å²) in [7, 11) is 1.37. The van der Waals surface area contributed by atoms with Crippen LogP contribution in [0.5, 0.6) is 0 Å². The number of esters is 1. The second-order valence-corrected chi connectivity index (χ2v) is 5.27. The van der Waals surface area contributed by atoms with Gasteiger partial charge in [-0.25, -0.2) is 4.79 Å². The summed E-state index contributed by atoms with van der Waals surface area (Å²) < 4.78 is 4.74. The third kappa shape index (κ3) is 6.40. The van der Waals surface area contributed by atoms with Crippen LogP contribution >= 0.6 is 0 Å². The van der Waals surface area contributed by atoms with E-state index in [4.69, 9.17) is 4.74 Å². The first-order chi connectivity index (χ1) is 10.0. The molecule has 0 spiro atoms. The fourth-order valence-corrected chi connectivity index (χ4v) is 1.81. The first-order valence-corrected chi connectivity index (χ1v) is 7.18. The molecule has 0 aromatic heterocycles. The molecule has 1 amide bonds. The van der Waals surface area contributed by atoms with E-state index in [1.165, 1.54) is 7.11 Å². The van der Waals surface area contributed by atoms with Crippen LogP contribution in [0.1, 0.15) is 36.2 Å². The Balaban J connectivity index is 2.36. The molecule has 0 heterocycles. The molecule has 1 rings (SSSR count). The molecule has 0 saturated heterocycles. The molecule has 0 aliphatic carbocycles. The number of carbonyl (C=O) groups is 2. The van der Waals surface area contributed by atoms with Crippen molar-refractivity contribution in [2.45, 2.75) is 26.8 Å². The number of methoxy groups -OCH3 is 1. The SMILES string of the molecule is COC(=O)c1ccccc1CNCCC(=O)NCC(C)C. The fourth-order valence-electron chi connectivity index (χ4n) is 1.81. The Morgan fingerprint density at radius 3 is 2.62 bits per heavy atom. The summed E-state index contributed by atoms with van der Waals surface area (Å²) in [5, 5.41) is 6.04. The lowest BCUT2D eigenvalue weighted by Crippen LogP contribution is -2.30. The predicted molar refractivity (Wildman–Crippen MR) is 82.0 cm³/mol. The van der Waals surface area contributed by atoms with Gasteiger partial charge >= 0.3 is 5.97 Å². The summed E-state index contributed by atoms with van der Waals surface area (Å²) in [6.45, 7) is 5.91. The summed E-state index contributed by atoms with van der Waals surface area (Å²) in [4.78, 5) is 23.2. The average Bonchev–Trinajstić information content (AvgIpc) is 2.49. The van der Waals surface area contributed by atoms with E-state index in [1.54, 1.807) is 12.1 Å². The van der Waals surface area contributed by atoms with Crippen LogP contribution < -0.4 is 10.6 Å². The average molecular weight is 292 g/mol. The topological polar surface area (TPSA) is 67.4 Å². The minimum Gasteiger partial charge on any atom is -0.465 e. The summed E-state index contributed by atoms with van der Waals surface area (Å²) in [5.74, 6) is 0.147. The van der Waals surface area contributed by atoms with Gasteiger partial charge in [-0.3, -0.25) is 4.79 Å². The number of nitrogens with one attached hydrogen (secondary N) is 2. The van der Waals surface area contributed by atoms with Crippen molar-refractivity contribution in [3.05, 3.63) is 35.4 Å². The summed E-state index contributed by atoms with van der Waals surface area (Å²) in [5.41, 5.74) is 1.42. The number of ether oxygens (including phenoxy) is 1. The van der Waals surface area contributed by atoms with E-state index in [9.17, 15) is 9.59 Å². The zero-order valence-electron chi connectivity index (χ0n) is 12.9. The van der Waals surface area contributed by atoms with Gasteiger partial charge in [-0.1, -0.05) is 32.0 Å². The number of carbonyl (C=O) groups excluding carboxylic acids is 2. The Bertz CT molecular complexity index is 472. The third-order valence-electron chi connectivity index (χ3n) is 2.97. The van der Waals surface area contributed by atoms with Crippen molar-refractivity contribution in [3.8, 4) is 0 Å². The normalized spacial score (nSPS) is 10.5. The second-order valence-electron chi connectivity index (χ2n) is 5.27. The Labute approximate surface area is 126 Å². The van der Waals surface area contributed by atoms with E-state index in [1.807, 2.05) is 12.1 Å². The Kier molecular flexibility index (Phi) is 7.46. The van der Waals surface area contributed by atoms with Gasteiger partial charge in [-0.2, -0.15) is 0 Å². The highest BCUT2D eigenvalue weighted by Crippen LogP contribution is 2.09. The van der Waals surface area contributed by atoms with Crippen molar-refractivity contribution in [1.29, 1.82) is 0 Å². The second kappa shape index (κ2) is 9.13. The van der Waals surface area contributed by atoms with Gasteiger partial charge in [-0.05, 0) is 17.5 Å². The Morgan fingerprint density at radius 2 is 1.95 bits per heavy atom. The number of hydrogen-bond acceptors (Lipinski definition) is 4. The molecule has 2 N–H and O–H groups in total. The van der Waals surface area contributed by atoms with Gasteiger partial charge in [0.2, 0.25) is 5.91 Å². The standard InChI is InChI=1S/C16H24N2O3/c1-12(2)10-18-15(19)8-9-17-11-13-6-4-5-7-14(13)16(20)21-3/h4-7,12,17H,8-11H2,1-3H3,(H,18,19). The maximum Gasteiger partial charge on any atom is 0.338 e. The van der Waals surface area contributed by atoms with Crippen LogP contribution in [-0.2, 0) is 16.1 Å². The third-order valence-corrected chi connectivity index (χ3v) is 2.97. The van der Waals surface area contributed by atoms with Gasteiger partial charge in [0.1, 0.15) is 0 Å². The van der Waals surface area contributed by atoms with Gasteiger partial charge in [0.05, 0.1) is 12.7 Å². The molecule has 0 unspecified atom stereocenters. The van der Waals surface area contributed by atoms with Crippen LogP contribution in [0.4, 0.5) is 0 Å². The molecular weight excluding hydrogens is 268 g/mol. The summed E-state index contributed by atoms with van der Waals surface area (Å²) >= 11 is 0. The van der Waals surface area contributed by atoms with Crippen molar-refractivity contribution in [3.63, 3.8) is 0 Å². The van der Waals surface area contributed by atoms with Crippen LogP contribution in [0.25, 0.3) is 0 Å². The van der Waals surface area contributed by atoms with Crippen LogP contribution in [0.3, 0.4) is 0 Å². The Morgan fingerprint density at radius 1 is 1.24 bits per heavy atom. The van der Waals surface area contributed by atoms with Crippen molar-refractivity contribution >= 4 is 11.9 Å². The zero-order chi connectivity index (χ0) is 15.7. The van der Waals surface area contributed by atoms with Gasteiger partial charge in [0.25, 0.3) is 0 Å².